The number of hydrogen-bond donors (Lipinski definition) is 2. The van der Waals surface area contributed by atoms with E-state index in [0.29, 0.717) is 6.54 Å². The summed E-state index contributed by atoms with van der Waals surface area (Å²) in [5, 5.41) is 1.23. The highest BCUT2D eigenvalue weighted by molar-refractivity contribution is 5.85. The normalized spacial score (nSPS) is 21.1. The minimum absolute atomic E-state index is 0.128. The van der Waals surface area contributed by atoms with E-state index >= 15 is 0 Å². The Bertz CT molecular complexity index is 926. The highest BCUT2D eigenvalue weighted by Crippen LogP contribution is 2.41. The molecular weight excluding hydrogens is 329 g/mol. The van der Waals surface area contributed by atoms with Gasteiger partial charge in [-0.05, 0) is 38.8 Å². The molecule has 1 aliphatic rings. The number of nitrogens with one attached hydrogen (secondary N) is 1. The Morgan fingerprint density at radius 1 is 1.27 bits per heavy atom. The topological polar surface area (TPSA) is 70.8 Å². The van der Waals surface area contributed by atoms with Crippen LogP contribution in [0.15, 0.2) is 36.7 Å². The second-order valence-electron chi connectivity index (χ2n) is 7.78. The number of hydrogen-bond acceptors (Lipinski definition) is 4. The number of rotatable bonds is 3. The van der Waals surface area contributed by atoms with Gasteiger partial charge in [-0.3, -0.25) is 4.90 Å². The molecular formula is C20H24FN5. The highest BCUT2D eigenvalue weighted by atomic mass is 19.1. The van der Waals surface area contributed by atoms with Crippen LogP contribution in [0.25, 0.3) is 10.9 Å². The maximum absolute atomic E-state index is 14.6. The summed E-state index contributed by atoms with van der Waals surface area (Å²) in [4.78, 5) is 14.1. The molecule has 0 saturated heterocycles. The summed E-state index contributed by atoms with van der Waals surface area (Å²) in [7, 11) is 0. The van der Waals surface area contributed by atoms with E-state index in [4.69, 9.17) is 5.73 Å². The van der Waals surface area contributed by atoms with Gasteiger partial charge in [-0.2, -0.15) is 0 Å². The molecule has 0 radical (unpaired) electrons. The lowest BCUT2D eigenvalue weighted by atomic mass is 9.88. The molecule has 0 fully saturated rings. The van der Waals surface area contributed by atoms with Crippen LogP contribution >= 0.6 is 0 Å². The zero-order valence-corrected chi connectivity index (χ0v) is 15.3. The van der Waals surface area contributed by atoms with Gasteiger partial charge in [-0.1, -0.05) is 18.2 Å². The molecule has 3 aromatic rings. The number of nitrogen functional groups attached to an aromatic ring is 1. The minimum Gasteiger partial charge on any atom is -0.368 e. The standard InChI is InChI=1S/C20H24FN5/c1-12-8-15-14-6-4-5-7-16(14)25-17(15)18(26(12)11-20(2,3)21)13-9-23-19(22)24-10-13/h4-7,9-10,12,18,25H,8,11H2,1-3H3,(H2,22,23,24)/t12-,18-/m1/s1. The minimum atomic E-state index is -1.30. The second kappa shape index (κ2) is 6.06. The third-order valence-corrected chi connectivity index (χ3v) is 5.08. The Balaban J connectivity index is 1.90. The fraction of sp³-hybridized carbons (Fsp3) is 0.400. The van der Waals surface area contributed by atoms with Crippen LogP contribution in [0, 0.1) is 0 Å². The Morgan fingerprint density at radius 2 is 1.96 bits per heavy atom. The van der Waals surface area contributed by atoms with E-state index in [1.807, 2.05) is 6.07 Å². The largest absolute Gasteiger partial charge is 0.368 e. The van der Waals surface area contributed by atoms with Crippen LogP contribution in [0.3, 0.4) is 0 Å². The average molecular weight is 353 g/mol. The summed E-state index contributed by atoms with van der Waals surface area (Å²) in [6, 6.07) is 8.37. The van der Waals surface area contributed by atoms with Crippen LogP contribution in [-0.2, 0) is 6.42 Å². The molecule has 0 aliphatic carbocycles. The van der Waals surface area contributed by atoms with Crippen LogP contribution < -0.4 is 5.73 Å². The third kappa shape index (κ3) is 2.94. The Morgan fingerprint density at radius 3 is 2.65 bits per heavy atom. The number of nitrogens with zero attached hydrogens (tertiary/aromatic N) is 3. The van der Waals surface area contributed by atoms with Crippen LogP contribution in [0.4, 0.5) is 10.3 Å². The van der Waals surface area contributed by atoms with Crippen LogP contribution in [0.1, 0.15) is 43.6 Å². The van der Waals surface area contributed by atoms with Crippen LogP contribution in [0.5, 0.6) is 0 Å². The fourth-order valence-corrected chi connectivity index (χ4v) is 4.04. The van der Waals surface area contributed by atoms with Crippen molar-refractivity contribution in [3.63, 3.8) is 0 Å². The number of benzene rings is 1. The van der Waals surface area contributed by atoms with Crippen molar-refractivity contribution >= 4 is 16.9 Å². The molecule has 26 heavy (non-hydrogen) atoms. The third-order valence-electron chi connectivity index (χ3n) is 5.08. The molecule has 0 saturated carbocycles. The van der Waals surface area contributed by atoms with Crippen molar-refractivity contribution in [1.29, 1.82) is 0 Å². The van der Waals surface area contributed by atoms with Gasteiger partial charge in [0.25, 0.3) is 0 Å². The summed E-state index contributed by atoms with van der Waals surface area (Å²) < 4.78 is 14.6. The lowest BCUT2D eigenvalue weighted by Crippen LogP contribution is -2.47. The van der Waals surface area contributed by atoms with Crippen molar-refractivity contribution in [2.75, 3.05) is 12.3 Å². The molecule has 136 valence electrons. The Kier molecular flexibility index (Phi) is 3.95. The van der Waals surface area contributed by atoms with Crippen molar-refractivity contribution < 1.29 is 4.39 Å². The summed E-state index contributed by atoms with van der Waals surface area (Å²) in [5.74, 6) is 0.242. The van der Waals surface area contributed by atoms with E-state index in [1.165, 1.54) is 10.9 Å². The number of nitrogens with two attached hydrogens (primary N) is 1. The second-order valence-corrected chi connectivity index (χ2v) is 7.78. The lowest BCUT2D eigenvalue weighted by Gasteiger charge is -2.42. The van der Waals surface area contributed by atoms with E-state index in [2.05, 4.69) is 45.0 Å². The molecule has 1 aliphatic heterocycles. The first kappa shape index (κ1) is 17.0. The molecule has 5 nitrogen and oxygen atoms in total. The smallest absolute Gasteiger partial charge is 0.219 e. The van der Waals surface area contributed by atoms with Crippen molar-refractivity contribution in [2.45, 2.75) is 44.9 Å². The Hall–Kier alpha value is -2.47. The number of aromatic amines is 1. The SMILES string of the molecule is C[C@@H]1Cc2c([nH]c3ccccc23)[C@@H](c2cnc(N)nc2)N1CC(C)(C)F. The van der Waals surface area contributed by atoms with E-state index in [-0.39, 0.29) is 18.0 Å². The van der Waals surface area contributed by atoms with Gasteiger partial charge in [-0.15, -0.1) is 0 Å². The predicted molar refractivity (Wildman–Crippen MR) is 102 cm³/mol. The van der Waals surface area contributed by atoms with Gasteiger partial charge in [0.1, 0.15) is 5.67 Å². The molecule has 0 unspecified atom stereocenters. The van der Waals surface area contributed by atoms with Gasteiger partial charge in [-0.25, -0.2) is 14.4 Å². The number of aromatic nitrogens is 3. The number of H-pyrrole nitrogens is 1. The summed E-state index contributed by atoms with van der Waals surface area (Å²) in [6.45, 7) is 5.73. The first-order valence-corrected chi connectivity index (χ1v) is 8.95. The first-order chi connectivity index (χ1) is 12.3. The first-order valence-electron chi connectivity index (χ1n) is 8.95. The van der Waals surface area contributed by atoms with E-state index < -0.39 is 5.67 Å². The average Bonchev–Trinajstić information content (AvgIpc) is 2.94. The molecule has 0 bridgehead atoms. The van der Waals surface area contributed by atoms with Crippen molar-refractivity contribution in [1.82, 2.24) is 19.9 Å². The van der Waals surface area contributed by atoms with Crippen LogP contribution in [0.2, 0.25) is 0 Å². The van der Waals surface area contributed by atoms with E-state index in [9.17, 15) is 4.39 Å². The van der Waals surface area contributed by atoms with Crippen molar-refractivity contribution in [3.05, 3.63) is 53.5 Å². The maximum Gasteiger partial charge on any atom is 0.219 e. The van der Waals surface area contributed by atoms with Crippen molar-refractivity contribution in [3.8, 4) is 0 Å². The van der Waals surface area contributed by atoms with Gasteiger partial charge in [0.15, 0.2) is 0 Å². The van der Waals surface area contributed by atoms with E-state index in [0.717, 1.165) is 23.2 Å². The predicted octanol–water partition coefficient (Wildman–Crippen LogP) is 3.62. The number of alkyl halides is 1. The van der Waals surface area contributed by atoms with Crippen LogP contribution in [-0.4, -0.2) is 38.1 Å². The molecule has 3 heterocycles. The van der Waals surface area contributed by atoms with Gasteiger partial charge in [0.05, 0.1) is 6.04 Å². The zero-order valence-electron chi connectivity index (χ0n) is 15.3. The number of anilines is 1. The quantitative estimate of drug-likeness (QED) is 0.754. The fourth-order valence-electron chi connectivity index (χ4n) is 4.04. The molecule has 3 N–H and O–H groups in total. The molecule has 1 aromatic carbocycles. The maximum atomic E-state index is 14.6. The molecule has 0 spiro atoms. The Labute approximate surface area is 152 Å². The molecule has 2 aromatic heterocycles. The number of para-hydroxylation sites is 1. The lowest BCUT2D eigenvalue weighted by molar-refractivity contribution is 0.0665. The highest BCUT2D eigenvalue weighted by Gasteiger charge is 2.38. The molecule has 0 amide bonds. The zero-order chi connectivity index (χ0) is 18.5. The van der Waals surface area contributed by atoms with Gasteiger partial charge in [0.2, 0.25) is 5.95 Å². The molecule has 2 atom stereocenters. The summed E-state index contributed by atoms with van der Waals surface area (Å²) >= 11 is 0. The summed E-state index contributed by atoms with van der Waals surface area (Å²) in [5.41, 5.74) is 8.79. The molecule has 4 rings (SSSR count). The van der Waals surface area contributed by atoms with Gasteiger partial charge in [0, 0.05) is 47.1 Å². The molecule has 6 heteroatoms. The van der Waals surface area contributed by atoms with Gasteiger partial charge >= 0.3 is 0 Å². The van der Waals surface area contributed by atoms with Gasteiger partial charge < -0.3 is 10.7 Å². The van der Waals surface area contributed by atoms with Crippen molar-refractivity contribution in [2.24, 2.45) is 0 Å². The summed E-state index contributed by atoms with van der Waals surface area (Å²) in [6.07, 6.45) is 4.37. The number of fused-ring (bicyclic) bond motifs is 3. The van der Waals surface area contributed by atoms with E-state index in [1.54, 1.807) is 26.2 Å². The monoisotopic (exact) mass is 353 g/mol. The number of halogens is 1.